The summed E-state index contributed by atoms with van der Waals surface area (Å²) in [6.07, 6.45) is 4.01. The average molecular weight is 358 g/mol. The molecule has 0 unspecified atom stereocenters. The average Bonchev–Trinajstić information content (AvgIpc) is 2.84. The molecule has 3 heterocycles. The second kappa shape index (κ2) is 4.76. The van der Waals surface area contributed by atoms with E-state index in [0.717, 1.165) is 4.40 Å². The van der Waals surface area contributed by atoms with E-state index in [2.05, 4.69) is 36.1 Å². The fraction of sp³-hybridized carbons (Fsp3) is 0.167. The Morgan fingerprint density at radius 2 is 1.95 bits per heavy atom. The smallest absolute Gasteiger partial charge is 0.277 e. The van der Waals surface area contributed by atoms with Crippen LogP contribution in [0.5, 0.6) is 0 Å². The van der Waals surface area contributed by atoms with Gasteiger partial charge in [-0.15, -0.1) is 10.2 Å². The van der Waals surface area contributed by atoms with Gasteiger partial charge in [-0.2, -0.15) is 8.78 Å². The Bertz CT molecular complexity index is 827. The molecule has 21 heavy (non-hydrogen) atoms. The molecule has 0 atom stereocenters. The standard InChI is InChI=1S/C12H7BrF3N5/c1-6-8(14)2-7(3-17-6)9-5-21-10(4-18-9)19-20-11(21)12(13,15)16/h2-5H,1H3. The molecule has 0 aliphatic heterocycles. The van der Waals surface area contributed by atoms with Crippen molar-refractivity contribution in [1.82, 2.24) is 24.6 Å². The molecule has 0 fully saturated rings. The first-order valence-electron chi connectivity index (χ1n) is 5.77. The minimum Gasteiger partial charge on any atom is -0.277 e. The van der Waals surface area contributed by atoms with Crippen molar-refractivity contribution < 1.29 is 13.2 Å². The zero-order chi connectivity index (χ0) is 15.2. The predicted octanol–water partition coefficient (Wildman–Crippen LogP) is 3.08. The van der Waals surface area contributed by atoms with Crippen LogP contribution in [0.3, 0.4) is 0 Å². The van der Waals surface area contributed by atoms with Crippen molar-refractivity contribution >= 4 is 21.6 Å². The third-order valence-corrected chi connectivity index (χ3v) is 3.22. The third-order valence-electron chi connectivity index (χ3n) is 2.87. The molecule has 0 amide bonds. The highest BCUT2D eigenvalue weighted by molar-refractivity contribution is 9.09. The van der Waals surface area contributed by atoms with E-state index in [0.29, 0.717) is 5.56 Å². The highest BCUT2D eigenvalue weighted by atomic mass is 79.9. The molecular formula is C12H7BrF3N5. The first-order chi connectivity index (χ1) is 9.86. The molecule has 0 aliphatic carbocycles. The summed E-state index contributed by atoms with van der Waals surface area (Å²) in [5, 5.41) is 7.02. The molecule has 108 valence electrons. The summed E-state index contributed by atoms with van der Waals surface area (Å²) < 4.78 is 41.4. The quantitative estimate of drug-likeness (QED) is 0.661. The van der Waals surface area contributed by atoms with Gasteiger partial charge in [0, 0.05) is 18.0 Å². The van der Waals surface area contributed by atoms with E-state index >= 15 is 0 Å². The maximum atomic E-state index is 13.5. The fourth-order valence-corrected chi connectivity index (χ4v) is 2.06. The lowest BCUT2D eigenvalue weighted by Crippen LogP contribution is -2.09. The number of nitrogens with zero attached hydrogens (tertiary/aromatic N) is 5. The first kappa shape index (κ1) is 13.9. The first-order valence-corrected chi connectivity index (χ1v) is 6.56. The topological polar surface area (TPSA) is 56.0 Å². The Kier molecular flexibility index (Phi) is 3.16. The molecule has 5 nitrogen and oxygen atoms in total. The molecule has 3 aromatic heterocycles. The normalized spacial score (nSPS) is 12.0. The minimum absolute atomic E-state index is 0.161. The summed E-state index contributed by atoms with van der Waals surface area (Å²) in [4.78, 5) is 4.60. The molecule has 9 heteroatoms. The lowest BCUT2D eigenvalue weighted by molar-refractivity contribution is 0.102. The number of rotatable bonds is 2. The summed E-state index contributed by atoms with van der Waals surface area (Å²) in [6.45, 7) is 1.53. The molecule has 0 aromatic carbocycles. The summed E-state index contributed by atoms with van der Waals surface area (Å²) in [5.74, 6) is -1.08. The Morgan fingerprint density at radius 3 is 2.62 bits per heavy atom. The number of hydrogen-bond acceptors (Lipinski definition) is 4. The molecule has 0 radical (unpaired) electrons. The van der Waals surface area contributed by atoms with Crippen LogP contribution in [0.25, 0.3) is 16.9 Å². The monoisotopic (exact) mass is 357 g/mol. The Hall–Kier alpha value is -2.03. The number of aromatic nitrogens is 5. The van der Waals surface area contributed by atoms with Crippen LogP contribution in [0.4, 0.5) is 13.2 Å². The second-order valence-electron chi connectivity index (χ2n) is 4.31. The van der Waals surface area contributed by atoms with Gasteiger partial charge in [0.15, 0.2) is 5.65 Å². The Morgan fingerprint density at radius 1 is 1.19 bits per heavy atom. The number of alkyl halides is 3. The lowest BCUT2D eigenvalue weighted by atomic mass is 10.2. The molecule has 0 saturated carbocycles. The molecule has 0 N–H and O–H groups in total. The van der Waals surface area contributed by atoms with E-state index < -0.39 is 16.5 Å². The van der Waals surface area contributed by atoms with E-state index in [1.807, 2.05) is 0 Å². The molecule has 3 aromatic rings. The lowest BCUT2D eigenvalue weighted by Gasteiger charge is -2.07. The van der Waals surface area contributed by atoms with Crippen molar-refractivity contribution in [2.75, 3.05) is 0 Å². The SMILES string of the molecule is Cc1ncc(-c2cn3c(C(F)(F)Br)nnc3cn2)cc1F. The third kappa shape index (κ3) is 2.48. The number of fused-ring (bicyclic) bond motifs is 1. The number of pyridine rings is 1. The van der Waals surface area contributed by atoms with Gasteiger partial charge in [-0.1, -0.05) is 0 Å². The van der Waals surface area contributed by atoms with E-state index in [9.17, 15) is 13.2 Å². The maximum absolute atomic E-state index is 13.5. The van der Waals surface area contributed by atoms with Crippen LogP contribution >= 0.6 is 15.9 Å². The van der Waals surface area contributed by atoms with Crippen LogP contribution in [0.15, 0.2) is 24.7 Å². The van der Waals surface area contributed by atoms with E-state index in [-0.39, 0.29) is 17.0 Å². The number of hydrogen-bond donors (Lipinski definition) is 0. The van der Waals surface area contributed by atoms with Crippen molar-refractivity contribution in [3.05, 3.63) is 42.0 Å². The second-order valence-corrected chi connectivity index (χ2v) is 5.31. The van der Waals surface area contributed by atoms with Crippen molar-refractivity contribution in [2.24, 2.45) is 0 Å². The van der Waals surface area contributed by atoms with Gasteiger partial charge < -0.3 is 0 Å². The van der Waals surface area contributed by atoms with E-state index in [4.69, 9.17) is 0 Å². The van der Waals surface area contributed by atoms with Gasteiger partial charge in [0.2, 0.25) is 5.82 Å². The maximum Gasteiger partial charge on any atom is 0.360 e. The van der Waals surface area contributed by atoms with Crippen LogP contribution in [-0.2, 0) is 4.83 Å². The highest BCUT2D eigenvalue weighted by Crippen LogP contribution is 2.33. The molecule has 3 rings (SSSR count). The van der Waals surface area contributed by atoms with E-state index in [1.54, 1.807) is 0 Å². The zero-order valence-corrected chi connectivity index (χ0v) is 12.1. The van der Waals surface area contributed by atoms with Crippen molar-refractivity contribution in [3.8, 4) is 11.3 Å². The van der Waals surface area contributed by atoms with Gasteiger partial charge in [-0.25, -0.2) is 4.39 Å². The highest BCUT2D eigenvalue weighted by Gasteiger charge is 2.33. The van der Waals surface area contributed by atoms with Crippen molar-refractivity contribution in [3.63, 3.8) is 0 Å². The number of aryl methyl sites for hydroxylation is 1. The van der Waals surface area contributed by atoms with Gasteiger partial charge >= 0.3 is 4.83 Å². The summed E-state index contributed by atoms with van der Waals surface area (Å²) in [5.41, 5.74) is 1.06. The van der Waals surface area contributed by atoms with E-state index in [1.165, 1.54) is 31.6 Å². The summed E-state index contributed by atoms with van der Waals surface area (Å²) >= 11 is 2.24. The van der Waals surface area contributed by atoms with Crippen molar-refractivity contribution in [1.29, 1.82) is 0 Å². The Labute approximate surface area is 125 Å². The van der Waals surface area contributed by atoms with Gasteiger partial charge in [0.05, 0.1) is 17.6 Å². The van der Waals surface area contributed by atoms with Gasteiger partial charge in [-0.3, -0.25) is 14.4 Å². The van der Waals surface area contributed by atoms with Crippen LogP contribution in [-0.4, -0.2) is 24.6 Å². The Balaban J connectivity index is 2.18. The van der Waals surface area contributed by atoms with Gasteiger partial charge in [-0.05, 0) is 28.9 Å². The van der Waals surface area contributed by atoms with Crippen LogP contribution in [0, 0.1) is 12.7 Å². The molecule has 0 aliphatic rings. The van der Waals surface area contributed by atoms with Crippen LogP contribution in [0.1, 0.15) is 11.5 Å². The summed E-state index contributed by atoms with van der Waals surface area (Å²) in [7, 11) is 0. The predicted molar refractivity (Wildman–Crippen MR) is 71.5 cm³/mol. The molecule has 0 saturated heterocycles. The van der Waals surface area contributed by atoms with Gasteiger partial charge in [0.25, 0.3) is 0 Å². The van der Waals surface area contributed by atoms with Crippen molar-refractivity contribution in [2.45, 2.75) is 11.8 Å². The van der Waals surface area contributed by atoms with Crippen LogP contribution < -0.4 is 0 Å². The zero-order valence-electron chi connectivity index (χ0n) is 10.6. The minimum atomic E-state index is -3.33. The molecule has 0 bridgehead atoms. The summed E-state index contributed by atoms with van der Waals surface area (Å²) in [6, 6.07) is 1.24. The van der Waals surface area contributed by atoms with Gasteiger partial charge in [0.1, 0.15) is 5.82 Å². The molecule has 0 spiro atoms. The van der Waals surface area contributed by atoms with Crippen LogP contribution in [0.2, 0.25) is 0 Å². The largest absolute Gasteiger partial charge is 0.360 e. The number of halogens is 4. The fourth-order valence-electron chi connectivity index (χ4n) is 1.79. The molecular weight excluding hydrogens is 351 g/mol.